The molecule has 0 atom stereocenters. The van der Waals surface area contributed by atoms with Gasteiger partial charge in [-0.05, 0) is 37.6 Å². The maximum absolute atomic E-state index is 13.4. The Morgan fingerprint density at radius 1 is 1.06 bits per heavy atom. The fraction of sp³-hybridized carbons (Fsp3) is 0.208. The Labute approximate surface area is 191 Å². The molecular formula is C24H23N5O3S. The standard InChI is InChI=1S/C24H23N5O3S/c1-16-22-20(15-21(17-8-4-3-5-9-17)26-23(22)28(2)27-16)24(30)25-18-10-6-11-19(14-18)29-12-7-13-33(29,31)32/h3-6,8-11,14-15H,7,12-13H2,1-2H3,(H,25,30). The lowest BCUT2D eigenvalue weighted by Crippen LogP contribution is -2.25. The lowest BCUT2D eigenvalue weighted by atomic mass is 10.0. The van der Waals surface area contributed by atoms with Gasteiger partial charge in [0.2, 0.25) is 10.0 Å². The molecule has 33 heavy (non-hydrogen) atoms. The number of hydrogen-bond acceptors (Lipinski definition) is 5. The van der Waals surface area contributed by atoms with Crippen molar-refractivity contribution in [1.29, 1.82) is 0 Å². The Bertz CT molecular complexity index is 1480. The third-order valence-electron chi connectivity index (χ3n) is 5.77. The first-order chi connectivity index (χ1) is 15.8. The lowest BCUT2D eigenvalue weighted by molar-refractivity contribution is 0.102. The van der Waals surface area contributed by atoms with Crippen molar-refractivity contribution in [2.24, 2.45) is 7.05 Å². The number of pyridine rings is 1. The summed E-state index contributed by atoms with van der Waals surface area (Å²) in [5.74, 6) is -0.168. The quantitative estimate of drug-likeness (QED) is 0.499. The Kier molecular flexibility index (Phi) is 5.13. The average molecular weight is 462 g/mol. The summed E-state index contributed by atoms with van der Waals surface area (Å²) in [6.07, 6.45) is 0.594. The van der Waals surface area contributed by atoms with Crippen molar-refractivity contribution in [3.05, 3.63) is 71.9 Å². The van der Waals surface area contributed by atoms with Gasteiger partial charge in [0, 0.05) is 24.8 Å². The highest BCUT2D eigenvalue weighted by Crippen LogP contribution is 2.29. The molecule has 8 nitrogen and oxygen atoms in total. The average Bonchev–Trinajstić information content (AvgIpc) is 3.31. The van der Waals surface area contributed by atoms with Crippen LogP contribution in [0.4, 0.5) is 11.4 Å². The molecule has 2 aromatic carbocycles. The van der Waals surface area contributed by atoms with Crippen molar-refractivity contribution in [2.75, 3.05) is 21.9 Å². The second-order valence-electron chi connectivity index (χ2n) is 8.07. The third kappa shape index (κ3) is 3.84. The largest absolute Gasteiger partial charge is 0.322 e. The summed E-state index contributed by atoms with van der Waals surface area (Å²) < 4.78 is 27.7. The van der Waals surface area contributed by atoms with Gasteiger partial charge in [-0.3, -0.25) is 13.8 Å². The van der Waals surface area contributed by atoms with Crippen LogP contribution in [0, 0.1) is 6.92 Å². The number of amides is 1. The molecule has 2 aromatic heterocycles. The van der Waals surface area contributed by atoms with Crippen LogP contribution >= 0.6 is 0 Å². The number of hydrogen-bond donors (Lipinski definition) is 1. The van der Waals surface area contributed by atoms with E-state index in [0.29, 0.717) is 52.3 Å². The molecule has 1 fully saturated rings. The Morgan fingerprint density at radius 2 is 1.85 bits per heavy atom. The number of sulfonamides is 1. The fourth-order valence-electron chi connectivity index (χ4n) is 4.25. The van der Waals surface area contributed by atoms with Crippen LogP contribution in [0.15, 0.2) is 60.7 Å². The molecule has 3 heterocycles. The maximum atomic E-state index is 13.4. The van der Waals surface area contributed by atoms with E-state index in [4.69, 9.17) is 4.98 Å². The summed E-state index contributed by atoms with van der Waals surface area (Å²) in [6, 6.07) is 18.4. The third-order valence-corrected chi connectivity index (χ3v) is 7.64. The first-order valence-electron chi connectivity index (χ1n) is 10.6. The summed E-state index contributed by atoms with van der Waals surface area (Å²) in [4.78, 5) is 18.2. The lowest BCUT2D eigenvalue weighted by Gasteiger charge is -2.18. The van der Waals surface area contributed by atoms with Crippen molar-refractivity contribution >= 4 is 38.3 Å². The number of nitrogens with one attached hydrogen (secondary N) is 1. The number of carbonyl (C=O) groups excluding carboxylic acids is 1. The normalized spacial score (nSPS) is 15.2. The van der Waals surface area contributed by atoms with E-state index >= 15 is 0 Å². The van der Waals surface area contributed by atoms with Gasteiger partial charge in [-0.25, -0.2) is 13.4 Å². The minimum absolute atomic E-state index is 0.140. The molecule has 0 spiro atoms. The van der Waals surface area contributed by atoms with Gasteiger partial charge >= 0.3 is 0 Å². The molecule has 1 saturated heterocycles. The Morgan fingerprint density at radius 3 is 2.58 bits per heavy atom. The number of benzene rings is 2. The van der Waals surface area contributed by atoms with Gasteiger partial charge in [-0.1, -0.05) is 36.4 Å². The first-order valence-corrected chi connectivity index (χ1v) is 12.3. The molecule has 1 aliphatic rings. The van der Waals surface area contributed by atoms with Crippen molar-refractivity contribution in [3.63, 3.8) is 0 Å². The Balaban J connectivity index is 1.55. The van der Waals surface area contributed by atoms with E-state index in [2.05, 4.69) is 10.4 Å². The van der Waals surface area contributed by atoms with Gasteiger partial charge in [0.1, 0.15) is 0 Å². The second kappa shape index (κ2) is 8.00. The predicted octanol–water partition coefficient (Wildman–Crippen LogP) is 3.74. The van der Waals surface area contributed by atoms with E-state index in [1.807, 2.05) is 37.3 Å². The number of carbonyl (C=O) groups is 1. The maximum Gasteiger partial charge on any atom is 0.256 e. The highest BCUT2D eigenvalue weighted by molar-refractivity contribution is 7.93. The van der Waals surface area contributed by atoms with Crippen molar-refractivity contribution in [1.82, 2.24) is 14.8 Å². The Hall–Kier alpha value is -3.72. The monoisotopic (exact) mass is 461 g/mol. The summed E-state index contributed by atoms with van der Waals surface area (Å²) in [5.41, 5.74) is 4.43. The van der Waals surface area contributed by atoms with E-state index in [1.165, 1.54) is 4.31 Å². The van der Waals surface area contributed by atoms with Crippen LogP contribution in [0.3, 0.4) is 0 Å². The number of fused-ring (bicyclic) bond motifs is 1. The fourth-order valence-corrected chi connectivity index (χ4v) is 5.80. The molecule has 1 aliphatic heterocycles. The van der Waals surface area contributed by atoms with Crippen LogP contribution < -0.4 is 9.62 Å². The zero-order valence-corrected chi connectivity index (χ0v) is 19.1. The molecule has 0 radical (unpaired) electrons. The number of nitrogens with zero attached hydrogens (tertiary/aromatic N) is 4. The molecular weight excluding hydrogens is 438 g/mol. The van der Waals surface area contributed by atoms with Gasteiger partial charge in [-0.2, -0.15) is 5.10 Å². The number of aryl methyl sites for hydroxylation is 2. The number of aromatic nitrogens is 3. The van der Waals surface area contributed by atoms with Gasteiger partial charge < -0.3 is 5.32 Å². The SMILES string of the molecule is Cc1nn(C)c2nc(-c3ccccc3)cc(C(=O)Nc3cccc(N4CCCS4(=O)=O)c3)c12. The number of rotatable bonds is 4. The van der Waals surface area contributed by atoms with Gasteiger partial charge in [0.05, 0.1) is 33.8 Å². The highest BCUT2D eigenvalue weighted by atomic mass is 32.2. The predicted molar refractivity (Wildman–Crippen MR) is 129 cm³/mol. The molecule has 0 saturated carbocycles. The second-order valence-corrected chi connectivity index (χ2v) is 10.1. The van der Waals surface area contributed by atoms with E-state index in [9.17, 15) is 13.2 Å². The van der Waals surface area contributed by atoms with Crippen LogP contribution in [-0.2, 0) is 17.1 Å². The molecule has 0 aliphatic carbocycles. The van der Waals surface area contributed by atoms with Crippen LogP contribution in [-0.4, -0.2) is 41.4 Å². The summed E-state index contributed by atoms with van der Waals surface area (Å²) in [7, 11) is -1.50. The van der Waals surface area contributed by atoms with E-state index in [1.54, 1.807) is 42.1 Å². The van der Waals surface area contributed by atoms with Crippen LogP contribution in [0.1, 0.15) is 22.5 Å². The molecule has 0 unspecified atom stereocenters. The highest BCUT2D eigenvalue weighted by Gasteiger charge is 2.28. The molecule has 4 aromatic rings. The van der Waals surface area contributed by atoms with E-state index in [0.717, 1.165) is 5.56 Å². The molecule has 9 heteroatoms. The smallest absolute Gasteiger partial charge is 0.256 e. The summed E-state index contributed by atoms with van der Waals surface area (Å²) >= 11 is 0. The number of anilines is 2. The van der Waals surface area contributed by atoms with Crippen LogP contribution in [0.5, 0.6) is 0 Å². The van der Waals surface area contributed by atoms with Crippen molar-refractivity contribution in [3.8, 4) is 11.3 Å². The molecule has 0 bridgehead atoms. The van der Waals surface area contributed by atoms with E-state index < -0.39 is 10.0 Å². The topological polar surface area (TPSA) is 97.2 Å². The van der Waals surface area contributed by atoms with Crippen LogP contribution in [0.25, 0.3) is 22.3 Å². The zero-order valence-electron chi connectivity index (χ0n) is 18.3. The van der Waals surface area contributed by atoms with Gasteiger partial charge in [-0.15, -0.1) is 0 Å². The van der Waals surface area contributed by atoms with Gasteiger partial charge in [0.25, 0.3) is 5.91 Å². The minimum Gasteiger partial charge on any atom is -0.322 e. The molecule has 1 N–H and O–H groups in total. The molecule has 1 amide bonds. The first kappa shape index (κ1) is 21.1. The summed E-state index contributed by atoms with van der Waals surface area (Å²) in [5, 5.41) is 8.08. The molecule has 5 rings (SSSR count). The van der Waals surface area contributed by atoms with Gasteiger partial charge in [0.15, 0.2) is 5.65 Å². The summed E-state index contributed by atoms with van der Waals surface area (Å²) in [6.45, 7) is 2.29. The minimum atomic E-state index is -3.30. The van der Waals surface area contributed by atoms with Crippen molar-refractivity contribution < 1.29 is 13.2 Å². The zero-order chi connectivity index (χ0) is 23.2. The molecule has 168 valence electrons. The van der Waals surface area contributed by atoms with Crippen LogP contribution in [0.2, 0.25) is 0 Å². The van der Waals surface area contributed by atoms with Crippen molar-refractivity contribution in [2.45, 2.75) is 13.3 Å². The van der Waals surface area contributed by atoms with E-state index in [-0.39, 0.29) is 11.7 Å².